The number of fused-ring (bicyclic) bond motifs is 3. The highest BCUT2D eigenvalue weighted by molar-refractivity contribution is 5.88. The van der Waals surface area contributed by atoms with E-state index in [1.54, 1.807) is 6.07 Å². The van der Waals surface area contributed by atoms with E-state index in [1.807, 2.05) is 19.2 Å². The first-order valence-electron chi connectivity index (χ1n) is 8.59. The van der Waals surface area contributed by atoms with E-state index in [9.17, 15) is 4.39 Å². The van der Waals surface area contributed by atoms with Gasteiger partial charge in [-0.15, -0.1) is 0 Å². The number of nitrogens with one attached hydrogen (secondary N) is 3. The number of aryl methyl sites for hydroxylation is 1. The molecule has 2 aromatic carbocycles. The Balaban J connectivity index is 1.66. The second-order valence-corrected chi connectivity index (χ2v) is 6.55. The van der Waals surface area contributed by atoms with Gasteiger partial charge in [0.05, 0.1) is 7.11 Å². The van der Waals surface area contributed by atoms with Crippen LogP contribution in [0.4, 0.5) is 15.8 Å². The van der Waals surface area contributed by atoms with Crippen molar-refractivity contribution in [3.8, 4) is 5.75 Å². The summed E-state index contributed by atoms with van der Waals surface area (Å²) in [6.07, 6.45) is 3.26. The van der Waals surface area contributed by atoms with Gasteiger partial charge in [0.15, 0.2) is 11.6 Å². The van der Waals surface area contributed by atoms with Crippen molar-refractivity contribution in [3.63, 3.8) is 0 Å². The molecule has 25 heavy (non-hydrogen) atoms. The Bertz CT molecular complexity index is 919. The number of hydrogen-bond donors (Lipinski definition) is 3. The summed E-state index contributed by atoms with van der Waals surface area (Å²) in [6.45, 7) is 0. The SMILES string of the molecule is CNC1CCc2[nH]c3ccc(Nc4ccc(OC)c(F)c4)cc3c2C1. The Kier molecular flexibility index (Phi) is 4.09. The molecule has 0 saturated carbocycles. The van der Waals surface area contributed by atoms with Crippen LogP contribution in [0.5, 0.6) is 5.75 Å². The fourth-order valence-electron chi connectivity index (χ4n) is 3.65. The van der Waals surface area contributed by atoms with Crippen molar-refractivity contribution in [3.05, 3.63) is 53.5 Å². The molecule has 3 aromatic rings. The third-order valence-electron chi connectivity index (χ3n) is 5.04. The molecule has 1 unspecified atom stereocenters. The second-order valence-electron chi connectivity index (χ2n) is 6.55. The highest BCUT2D eigenvalue weighted by atomic mass is 19.1. The van der Waals surface area contributed by atoms with Gasteiger partial charge >= 0.3 is 0 Å². The van der Waals surface area contributed by atoms with Gasteiger partial charge in [-0.2, -0.15) is 0 Å². The number of ether oxygens (including phenoxy) is 1. The molecule has 1 heterocycles. The summed E-state index contributed by atoms with van der Waals surface area (Å²) >= 11 is 0. The molecule has 3 N–H and O–H groups in total. The van der Waals surface area contributed by atoms with Crippen LogP contribution in [0.15, 0.2) is 36.4 Å². The minimum absolute atomic E-state index is 0.249. The third kappa shape index (κ3) is 2.96. The molecule has 1 aliphatic carbocycles. The summed E-state index contributed by atoms with van der Waals surface area (Å²) in [4.78, 5) is 3.54. The van der Waals surface area contributed by atoms with Crippen molar-refractivity contribution in [2.45, 2.75) is 25.3 Å². The Hall–Kier alpha value is -2.53. The van der Waals surface area contributed by atoms with E-state index < -0.39 is 0 Å². The molecule has 1 atom stereocenters. The molecule has 0 bridgehead atoms. The molecule has 0 aliphatic heterocycles. The predicted molar refractivity (Wildman–Crippen MR) is 99.4 cm³/mol. The van der Waals surface area contributed by atoms with Gasteiger partial charge in [-0.1, -0.05) is 0 Å². The number of rotatable bonds is 4. The minimum atomic E-state index is -0.371. The Labute approximate surface area is 146 Å². The standard InChI is InChI=1S/C20H22FN3O/c1-22-12-3-6-18-15(9-12)16-10-13(4-7-19(16)24-18)23-14-5-8-20(25-2)17(21)11-14/h4-5,7-8,10-12,22-24H,3,6,9H2,1-2H3. The molecular weight excluding hydrogens is 317 g/mol. The van der Waals surface area contributed by atoms with Gasteiger partial charge in [0.1, 0.15) is 0 Å². The molecule has 0 amide bonds. The van der Waals surface area contributed by atoms with E-state index in [1.165, 1.54) is 29.8 Å². The number of anilines is 2. The van der Waals surface area contributed by atoms with E-state index in [4.69, 9.17) is 4.74 Å². The smallest absolute Gasteiger partial charge is 0.167 e. The van der Waals surface area contributed by atoms with Gasteiger partial charge in [0.2, 0.25) is 0 Å². The van der Waals surface area contributed by atoms with Gasteiger partial charge in [-0.25, -0.2) is 4.39 Å². The largest absolute Gasteiger partial charge is 0.494 e. The quantitative estimate of drug-likeness (QED) is 0.670. The molecule has 0 fully saturated rings. The number of aromatic nitrogens is 1. The second kappa shape index (κ2) is 6.41. The summed E-state index contributed by atoms with van der Waals surface area (Å²) in [7, 11) is 3.49. The molecule has 4 nitrogen and oxygen atoms in total. The Morgan fingerprint density at radius 2 is 1.96 bits per heavy atom. The highest BCUT2D eigenvalue weighted by Crippen LogP contribution is 2.32. The van der Waals surface area contributed by atoms with Gasteiger partial charge in [-0.3, -0.25) is 0 Å². The number of aromatic amines is 1. The first-order valence-corrected chi connectivity index (χ1v) is 8.59. The van der Waals surface area contributed by atoms with Crippen molar-refractivity contribution in [1.29, 1.82) is 0 Å². The Morgan fingerprint density at radius 1 is 1.16 bits per heavy atom. The molecule has 0 spiro atoms. The average Bonchev–Trinajstić information content (AvgIpc) is 2.99. The summed E-state index contributed by atoms with van der Waals surface area (Å²) in [5.41, 5.74) is 5.55. The van der Waals surface area contributed by atoms with E-state index >= 15 is 0 Å². The van der Waals surface area contributed by atoms with Gasteiger partial charge < -0.3 is 20.4 Å². The minimum Gasteiger partial charge on any atom is -0.494 e. The molecule has 0 saturated heterocycles. The van der Waals surface area contributed by atoms with Crippen LogP contribution in [-0.2, 0) is 12.8 Å². The Morgan fingerprint density at radius 3 is 2.72 bits per heavy atom. The van der Waals surface area contributed by atoms with Crippen molar-refractivity contribution >= 4 is 22.3 Å². The fourth-order valence-corrected chi connectivity index (χ4v) is 3.65. The van der Waals surface area contributed by atoms with Crippen LogP contribution in [-0.4, -0.2) is 25.2 Å². The van der Waals surface area contributed by atoms with Crippen LogP contribution < -0.4 is 15.4 Å². The molecule has 1 aliphatic rings. The highest BCUT2D eigenvalue weighted by Gasteiger charge is 2.21. The lowest BCUT2D eigenvalue weighted by molar-refractivity contribution is 0.386. The maximum atomic E-state index is 13.9. The van der Waals surface area contributed by atoms with Crippen molar-refractivity contribution in [2.24, 2.45) is 0 Å². The van der Waals surface area contributed by atoms with E-state index in [0.717, 1.165) is 30.5 Å². The van der Waals surface area contributed by atoms with E-state index in [2.05, 4.69) is 27.8 Å². The first-order chi connectivity index (χ1) is 12.2. The zero-order chi connectivity index (χ0) is 17.4. The van der Waals surface area contributed by atoms with Crippen LogP contribution in [0.3, 0.4) is 0 Å². The van der Waals surface area contributed by atoms with Gasteiger partial charge in [0, 0.05) is 40.1 Å². The zero-order valence-corrected chi connectivity index (χ0v) is 14.4. The normalized spacial score (nSPS) is 16.7. The lowest BCUT2D eigenvalue weighted by Gasteiger charge is -2.21. The summed E-state index contributed by atoms with van der Waals surface area (Å²) in [5.74, 6) is -0.122. The third-order valence-corrected chi connectivity index (χ3v) is 5.04. The first kappa shape index (κ1) is 16.0. The van der Waals surface area contributed by atoms with Crippen LogP contribution in [0, 0.1) is 5.82 Å². The van der Waals surface area contributed by atoms with Crippen LogP contribution in [0.1, 0.15) is 17.7 Å². The molecule has 1 aromatic heterocycles. The molecule has 5 heteroatoms. The maximum absolute atomic E-state index is 13.9. The molecule has 0 radical (unpaired) electrons. The summed E-state index contributed by atoms with van der Waals surface area (Å²) in [6, 6.07) is 11.7. The topological polar surface area (TPSA) is 49.1 Å². The number of methoxy groups -OCH3 is 1. The van der Waals surface area contributed by atoms with Gasteiger partial charge in [0.25, 0.3) is 0 Å². The molecule has 4 rings (SSSR count). The number of H-pyrrole nitrogens is 1. The average molecular weight is 339 g/mol. The molecule has 130 valence electrons. The van der Waals surface area contributed by atoms with Crippen molar-refractivity contribution in [1.82, 2.24) is 10.3 Å². The van der Waals surface area contributed by atoms with Crippen LogP contribution in [0.2, 0.25) is 0 Å². The number of likely N-dealkylation sites (N-methyl/N-ethyl adjacent to an activating group) is 1. The van der Waals surface area contributed by atoms with Gasteiger partial charge in [-0.05, 0) is 62.2 Å². The van der Waals surface area contributed by atoms with Crippen LogP contribution >= 0.6 is 0 Å². The number of hydrogen-bond acceptors (Lipinski definition) is 3. The van der Waals surface area contributed by atoms with Crippen molar-refractivity contribution in [2.75, 3.05) is 19.5 Å². The molecular formula is C20H22FN3O. The zero-order valence-electron chi connectivity index (χ0n) is 14.4. The van der Waals surface area contributed by atoms with Crippen LogP contribution in [0.25, 0.3) is 10.9 Å². The monoisotopic (exact) mass is 339 g/mol. The fraction of sp³-hybridized carbons (Fsp3) is 0.300. The lowest BCUT2D eigenvalue weighted by Crippen LogP contribution is -2.31. The lowest BCUT2D eigenvalue weighted by atomic mass is 9.91. The van der Waals surface area contributed by atoms with E-state index in [-0.39, 0.29) is 11.6 Å². The van der Waals surface area contributed by atoms with Crippen molar-refractivity contribution < 1.29 is 9.13 Å². The van der Waals surface area contributed by atoms with E-state index in [0.29, 0.717) is 11.7 Å². The predicted octanol–water partition coefficient (Wildman–Crippen LogP) is 4.14. The maximum Gasteiger partial charge on any atom is 0.167 e. The number of halogens is 1. The number of benzene rings is 2. The summed E-state index contributed by atoms with van der Waals surface area (Å²) < 4.78 is 18.9. The summed E-state index contributed by atoms with van der Waals surface area (Å²) in [5, 5.41) is 7.92.